The standard InChI is InChI=1S/C19H20N6O/c1-13-8-9-25(24-13)19-7-6-18(22-23-19)21-15(12-26)10-14-11-20-17-5-3-2-4-16(14)17/h2-9,11,15,20,26H,10,12H2,1H3,(H,21,22)/t15-/m0/s1. The molecule has 0 radical (unpaired) electrons. The van der Waals surface area contributed by atoms with E-state index in [1.165, 1.54) is 5.39 Å². The summed E-state index contributed by atoms with van der Waals surface area (Å²) in [4.78, 5) is 3.26. The van der Waals surface area contributed by atoms with Gasteiger partial charge in [-0.2, -0.15) is 5.10 Å². The van der Waals surface area contributed by atoms with Crippen molar-refractivity contribution in [2.45, 2.75) is 19.4 Å². The maximum atomic E-state index is 9.76. The van der Waals surface area contributed by atoms with Gasteiger partial charge < -0.3 is 15.4 Å². The van der Waals surface area contributed by atoms with Crippen molar-refractivity contribution in [2.24, 2.45) is 0 Å². The van der Waals surface area contributed by atoms with Crippen molar-refractivity contribution in [3.05, 3.63) is 66.1 Å². The molecule has 1 aromatic carbocycles. The summed E-state index contributed by atoms with van der Waals surface area (Å²) in [5, 5.41) is 26.9. The van der Waals surface area contributed by atoms with Gasteiger partial charge in [-0.1, -0.05) is 18.2 Å². The van der Waals surface area contributed by atoms with Crippen LogP contribution in [0.15, 0.2) is 54.9 Å². The molecule has 0 spiro atoms. The zero-order chi connectivity index (χ0) is 17.9. The second-order valence-electron chi connectivity index (χ2n) is 6.27. The largest absolute Gasteiger partial charge is 0.394 e. The second kappa shape index (κ2) is 6.97. The maximum Gasteiger partial charge on any atom is 0.175 e. The fraction of sp³-hybridized carbons (Fsp3) is 0.211. The smallest absolute Gasteiger partial charge is 0.175 e. The molecule has 0 aliphatic heterocycles. The highest BCUT2D eigenvalue weighted by atomic mass is 16.3. The van der Waals surface area contributed by atoms with Crippen LogP contribution in [0.1, 0.15) is 11.3 Å². The number of nitrogens with zero attached hydrogens (tertiary/aromatic N) is 4. The monoisotopic (exact) mass is 348 g/mol. The normalized spacial score (nSPS) is 12.4. The zero-order valence-electron chi connectivity index (χ0n) is 14.4. The first kappa shape index (κ1) is 16.3. The van der Waals surface area contributed by atoms with Crippen LogP contribution in [0.2, 0.25) is 0 Å². The van der Waals surface area contributed by atoms with Crippen molar-refractivity contribution >= 4 is 16.7 Å². The first-order valence-corrected chi connectivity index (χ1v) is 8.51. The van der Waals surface area contributed by atoms with Crippen LogP contribution in [0.4, 0.5) is 5.82 Å². The molecule has 0 fully saturated rings. The van der Waals surface area contributed by atoms with E-state index in [1.807, 2.05) is 55.7 Å². The first-order chi connectivity index (χ1) is 12.7. The lowest BCUT2D eigenvalue weighted by atomic mass is 10.1. The quantitative estimate of drug-likeness (QED) is 0.498. The number of para-hydroxylation sites is 1. The Kier molecular flexibility index (Phi) is 4.37. The number of fused-ring (bicyclic) bond motifs is 1. The summed E-state index contributed by atoms with van der Waals surface area (Å²) in [5.74, 6) is 1.28. The Bertz CT molecular complexity index is 1000. The summed E-state index contributed by atoms with van der Waals surface area (Å²) in [6, 6.07) is 13.6. The van der Waals surface area contributed by atoms with Crippen LogP contribution in [-0.2, 0) is 6.42 Å². The predicted octanol–water partition coefficient (Wildman–Crippen LogP) is 2.47. The number of aromatic nitrogens is 5. The number of aromatic amines is 1. The number of aliphatic hydroxyl groups excluding tert-OH is 1. The molecule has 0 aliphatic carbocycles. The highest BCUT2D eigenvalue weighted by Gasteiger charge is 2.13. The summed E-state index contributed by atoms with van der Waals surface area (Å²) in [5.41, 5.74) is 3.18. The maximum absolute atomic E-state index is 9.76. The van der Waals surface area contributed by atoms with Gasteiger partial charge >= 0.3 is 0 Å². The summed E-state index contributed by atoms with van der Waals surface area (Å²) in [6.45, 7) is 1.93. The third-order valence-corrected chi connectivity index (χ3v) is 4.32. The summed E-state index contributed by atoms with van der Waals surface area (Å²) in [6.07, 6.45) is 4.52. The van der Waals surface area contributed by atoms with Crippen LogP contribution in [0.3, 0.4) is 0 Å². The highest BCUT2D eigenvalue weighted by molar-refractivity contribution is 5.83. The molecule has 26 heavy (non-hydrogen) atoms. The molecule has 132 valence electrons. The van der Waals surface area contributed by atoms with Gasteiger partial charge in [0.1, 0.15) is 5.82 Å². The van der Waals surface area contributed by atoms with Crippen LogP contribution in [-0.4, -0.2) is 42.7 Å². The number of H-pyrrole nitrogens is 1. The van der Waals surface area contributed by atoms with Crippen molar-refractivity contribution in [1.29, 1.82) is 0 Å². The van der Waals surface area contributed by atoms with E-state index in [1.54, 1.807) is 4.68 Å². The molecule has 3 N–H and O–H groups in total. The lowest BCUT2D eigenvalue weighted by Crippen LogP contribution is -2.27. The number of hydrogen-bond acceptors (Lipinski definition) is 5. The third kappa shape index (κ3) is 3.29. The lowest BCUT2D eigenvalue weighted by molar-refractivity contribution is 0.273. The Labute approximate surface area is 150 Å². The number of anilines is 1. The molecule has 1 atom stereocenters. The van der Waals surface area contributed by atoms with Crippen molar-refractivity contribution < 1.29 is 5.11 Å². The van der Waals surface area contributed by atoms with Gasteiger partial charge in [-0.05, 0) is 43.2 Å². The van der Waals surface area contributed by atoms with Crippen molar-refractivity contribution in [1.82, 2.24) is 25.0 Å². The van der Waals surface area contributed by atoms with Crippen LogP contribution in [0, 0.1) is 6.92 Å². The Morgan fingerprint density at radius 3 is 2.77 bits per heavy atom. The zero-order valence-corrected chi connectivity index (χ0v) is 14.4. The van der Waals surface area contributed by atoms with Gasteiger partial charge in [0.15, 0.2) is 5.82 Å². The molecule has 0 saturated heterocycles. The number of hydrogen-bond donors (Lipinski definition) is 3. The third-order valence-electron chi connectivity index (χ3n) is 4.32. The number of rotatable bonds is 6. The second-order valence-corrected chi connectivity index (χ2v) is 6.27. The molecule has 7 nitrogen and oxygen atoms in total. The predicted molar refractivity (Wildman–Crippen MR) is 100 cm³/mol. The van der Waals surface area contributed by atoms with Crippen LogP contribution >= 0.6 is 0 Å². The van der Waals surface area contributed by atoms with E-state index in [2.05, 4.69) is 31.7 Å². The van der Waals surface area contributed by atoms with E-state index >= 15 is 0 Å². The van der Waals surface area contributed by atoms with Crippen molar-refractivity contribution in [2.75, 3.05) is 11.9 Å². The SMILES string of the molecule is Cc1ccn(-c2ccc(N[C@H](CO)Cc3c[nH]c4ccccc34)nn2)n1. The minimum Gasteiger partial charge on any atom is -0.394 e. The van der Waals surface area contributed by atoms with Gasteiger partial charge in [0, 0.05) is 23.3 Å². The Balaban J connectivity index is 1.48. The number of aryl methyl sites for hydroxylation is 1. The van der Waals surface area contributed by atoms with Crippen LogP contribution < -0.4 is 5.32 Å². The van der Waals surface area contributed by atoms with E-state index in [9.17, 15) is 5.11 Å². The average Bonchev–Trinajstić information content (AvgIpc) is 3.28. The van der Waals surface area contributed by atoms with E-state index < -0.39 is 0 Å². The minimum atomic E-state index is -0.152. The minimum absolute atomic E-state index is 0.00128. The summed E-state index contributed by atoms with van der Waals surface area (Å²) in [7, 11) is 0. The molecule has 0 bridgehead atoms. The summed E-state index contributed by atoms with van der Waals surface area (Å²) >= 11 is 0. The highest BCUT2D eigenvalue weighted by Crippen LogP contribution is 2.20. The topological polar surface area (TPSA) is 91.7 Å². The van der Waals surface area contributed by atoms with Crippen molar-refractivity contribution in [3.63, 3.8) is 0 Å². The Morgan fingerprint density at radius 2 is 2.04 bits per heavy atom. The average molecular weight is 348 g/mol. The van der Waals surface area contributed by atoms with E-state index in [0.717, 1.165) is 16.8 Å². The lowest BCUT2D eigenvalue weighted by Gasteiger charge is -2.16. The van der Waals surface area contributed by atoms with Crippen LogP contribution in [0.25, 0.3) is 16.7 Å². The molecule has 3 heterocycles. The van der Waals surface area contributed by atoms with Gasteiger partial charge in [-0.15, -0.1) is 10.2 Å². The Morgan fingerprint density at radius 1 is 1.15 bits per heavy atom. The molecule has 4 aromatic rings. The molecular weight excluding hydrogens is 328 g/mol. The van der Waals surface area contributed by atoms with Gasteiger partial charge in [0.25, 0.3) is 0 Å². The van der Waals surface area contributed by atoms with Gasteiger partial charge in [-0.25, -0.2) is 4.68 Å². The van der Waals surface area contributed by atoms with Crippen molar-refractivity contribution in [3.8, 4) is 5.82 Å². The van der Waals surface area contributed by atoms with E-state index in [-0.39, 0.29) is 12.6 Å². The fourth-order valence-corrected chi connectivity index (χ4v) is 3.00. The number of benzene rings is 1. The Hall–Kier alpha value is -3.19. The first-order valence-electron chi connectivity index (χ1n) is 8.51. The molecule has 0 saturated carbocycles. The number of nitrogens with one attached hydrogen (secondary N) is 2. The fourth-order valence-electron chi connectivity index (χ4n) is 3.00. The molecule has 7 heteroatoms. The van der Waals surface area contributed by atoms with Crippen LogP contribution in [0.5, 0.6) is 0 Å². The van der Waals surface area contributed by atoms with Gasteiger partial charge in [-0.3, -0.25) is 0 Å². The van der Waals surface area contributed by atoms with E-state index in [0.29, 0.717) is 18.1 Å². The van der Waals surface area contributed by atoms with Gasteiger partial charge in [0.2, 0.25) is 0 Å². The molecule has 3 aromatic heterocycles. The number of aliphatic hydroxyl groups is 1. The molecule has 0 amide bonds. The molecular formula is C19H20N6O. The molecule has 4 rings (SSSR count). The summed E-state index contributed by atoms with van der Waals surface area (Å²) < 4.78 is 1.68. The van der Waals surface area contributed by atoms with E-state index in [4.69, 9.17) is 0 Å². The molecule has 0 aliphatic rings. The van der Waals surface area contributed by atoms with Gasteiger partial charge in [0.05, 0.1) is 18.3 Å². The molecule has 0 unspecified atom stereocenters.